The number of benzene rings is 1. The SMILES string of the molecule is COC(=O)C1CN(S(=O)(=O)c2cc(C)cc(N)c2)CC1C. The summed E-state index contributed by atoms with van der Waals surface area (Å²) in [5.41, 5.74) is 6.91. The molecule has 1 fully saturated rings. The summed E-state index contributed by atoms with van der Waals surface area (Å²) < 4.78 is 31.4. The first-order valence-corrected chi connectivity index (χ1v) is 8.15. The molecule has 1 saturated heterocycles. The van der Waals surface area contributed by atoms with E-state index < -0.39 is 15.9 Å². The normalized spacial score (nSPS) is 23.2. The zero-order valence-corrected chi connectivity index (χ0v) is 13.2. The molecular weight excluding hydrogens is 292 g/mol. The number of ether oxygens (including phenoxy) is 1. The van der Waals surface area contributed by atoms with Crippen molar-refractivity contribution in [1.29, 1.82) is 0 Å². The lowest BCUT2D eigenvalue weighted by Gasteiger charge is -2.17. The minimum absolute atomic E-state index is 0.0746. The second kappa shape index (κ2) is 5.65. The van der Waals surface area contributed by atoms with E-state index in [1.165, 1.54) is 17.5 Å². The number of methoxy groups -OCH3 is 1. The van der Waals surface area contributed by atoms with Crippen LogP contribution in [-0.2, 0) is 19.6 Å². The van der Waals surface area contributed by atoms with Crippen LogP contribution in [0.1, 0.15) is 12.5 Å². The van der Waals surface area contributed by atoms with E-state index in [2.05, 4.69) is 0 Å². The Bertz CT molecular complexity index is 637. The lowest BCUT2D eigenvalue weighted by Crippen LogP contribution is -2.30. The summed E-state index contributed by atoms with van der Waals surface area (Å²) in [7, 11) is -2.33. The maximum absolute atomic E-state index is 12.7. The van der Waals surface area contributed by atoms with E-state index in [0.29, 0.717) is 12.2 Å². The molecule has 7 heteroatoms. The van der Waals surface area contributed by atoms with Gasteiger partial charge in [-0.2, -0.15) is 4.31 Å². The number of esters is 1. The highest BCUT2D eigenvalue weighted by Gasteiger charge is 2.41. The van der Waals surface area contributed by atoms with Crippen LogP contribution >= 0.6 is 0 Å². The molecule has 116 valence electrons. The minimum atomic E-state index is -3.65. The van der Waals surface area contributed by atoms with E-state index in [9.17, 15) is 13.2 Å². The summed E-state index contributed by atoms with van der Waals surface area (Å²) in [5.74, 6) is -0.870. The molecule has 21 heavy (non-hydrogen) atoms. The first kappa shape index (κ1) is 15.8. The number of nitrogens with zero attached hydrogens (tertiary/aromatic N) is 1. The van der Waals surface area contributed by atoms with Crippen LogP contribution in [0.4, 0.5) is 5.69 Å². The van der Waals surface area contributed by atoms with Crippen LogP contribution in [0.25, 0.3) is 0 Å². The Morgan fingerprint density at radius 3 is 2.57 bits per heavy atom. The van der Waals surface area contributed by atoms with Gasteiger partial charge in [0.15, 0.2) is 0 Å². The van der Waals surface area contributed by atoms with Gasteiger partial charge in [-0.15, -0.1) is 0 Å². The van der Waals surface area contributed by atoms with Gasteiger partial charge in [-0.05, 0) is 36.6 Å². The largest absolute Gasteiger partial charge is 0.469 e. The molecule has 0 amide bonds. The van der Waals surface area contributed by atoms with Crippen molar-refractivity contribution in [2.24, 2.45) is 11.8 Å². The van der Waals surface area contributed by atoms with Crippen LogP contribution in [0.5, 0.6) is 0 Å². The highest BCUT2D eigenvalue weighted by Crippen LogP contribution is 2.30. The van der Waals surface area contributed by atoms with Crippen molar-refractivity contribution in [1.82, 2.24) is 4.31 Å². The zero-order valence-electron chi connectivity index (χ0n) is 12.4. The van der Waals surface area contributed by atoms with E-state index in [1.807, 2.05) is 6.92 Å². The topological polar surface area (TPSA) is 89.7 Å². The number of hydrogen-bond donors (Lipinski definition) is 1. The smallest absolute Gasteiger partial charge is 0.310 e. The molecule has 0 bridgehead atoms. The van der Waals surface area contributed by atoms with Crippen molar-refractivity contribution >= 4 is 21.7 Å². The van der Waals surface area contributed by atoms with Crippen molar-refractivity contribution in [3.8, 4) is 0 Å². The molecule has 2 rings (SSSR count). The standard InChI is InChI=1S/C14H20N2O4S/c1-9-4-11(15)6-12(5-9)21(18,19)16-7-10(2)13(8-16)14(17)20-3/h4-6,10,13H,7-8,15H2,1-3H3. The average Bonchev–Trinajstić information content (AvgIpc) is 2.79. The second-order valence-corrected chi connectivity index (χ2v) is 7.45. The minimum Gasteiger partial charge on any atom is -0.469 e. The molecule has 0 saturated carbocycles. The fraction of sp³-hybridized carbons (Fsp3) is 0.500. The van der Waals surface area contributed by atoms with Crippen LogP contribution in [-0.4, -0.2) is 38.9 Å². The predicted octanol–water partition coefficient (Wildman–Crippen LogP) is 1.01. The fourth-order valence-electron chi connectivity index (χ4n) is 2.65. The quantitative estimate of drug-likeness (QED) is 0.664. The van der Waals surface area contributed by atoms with Gasteiger partial charge in [0.05, 0.1) is 17.9 Å². The number of carbonyl (C=O) groups is 1. The van der Waals surface area contributed by atoms with Gasteiger partial charge in [-0.25, -0.2) is 8.42 Å². The highest BCUT2D eigenvalue weighted by atomic mass is 32.2. The number of sulfonamides is 1. The lowest BCUT2D eigenvalue weighted by atomic mass is 9.99. The van der Waals surface area contributed by atoms with Crippen LogP contribution in [0.3, 0.4) is 0 Å². The molecule has 2 unspecified atom stereocenters. The number of rotatable bonds is 3. The van der Waals surface area contributed by atoms with E-state index in [0.717, 1.165) is 5.56 Å². The average molecular weight is 312 g/mol. The first-order valence-electron chi connectivity index (χ1n) is 6.71. The van der Waals surface area contributed by atoms with Crippen LogP contribution < -0.4 is 5.73 Å². The monoisotopic (exact) mass is 312 g/mol. The molecule has 1 aromatic carbocycles. The molecule has 1 aromatic rings. The van der Waals surface area contributed by atoms with E-state index in [-0.39, 0.29) is 23.3 Å². The molecule has 2 atom stereocenters. The summed E-state index contributed by atoms with van der Waals surface area (Å²) in [5, 5.41) is 0. The maximum Gasteiger partial charge on any atom is 0.310 e. The Balaban J connectivity index is 2.31. The molecular formula is C14H20N2O4S. The number of nitrogen functional groups attached to an aromatic ring is 1. The van der Waals surface area contributed by atoms with Gasteiger partial charge < -0.3 is 10.5 Å². The summed E-state index contributed by atoms with van der Waals surface area (Å²) in [6.45, 7) is 4.08. The molecule has 1 heterocycles. The van der Waals surface area contributed by atoms with E-state index in [1.54, 1.807) is 19.1 Å². The lowest BCUT2D eigenvalue weighted by molar-refractivity contribution is -0.145. The van der Waals surface area contributed by atoms with E-state index in [4.69, 9.17) is 10.5 Å². The molecule has 0 spiro atoms. The molecule has 1 aliphatic rings. The van der Waals surface area contributed by atoms with Crippen LogP contribution in [0, 0.1) is 18.8 Å². The Hall–Kier alpha value is -1.60. The predicted molar refractivity (Wildman–Crippen MR) is 79.0 cm³/mol. The zero-order chi connectivity index (χ0) is 15.8. The number of carbonyl (C=O) groups excluding carboxylic acids is 1. The Morgan fingerprint density at radius 2 is 2.00 bits per heavy atom. The third kappa shape index (κ3) is 3.03. The Morgan fingerprint density at radius 1 is 1.33 bits per heavy atom. The van der Waals surface area contributed by atoms with Crippen molar-refractivity contribution in [3.05, 3.63) is 23.8 Å². The third-order valence-corrected chi connectivity index (χ3v) is 5.60. The Kier molecular flexibility index (Phi) is 4.25. The van der Waals surface area contributed by atoms with Crippen molar-refractivity contribution in [2.45, 2.75) is 18.7 Å². The molecule has 1 aliphatic heterocycles. The van der Waals surface area contributed by atoms with Gasteiger partial charge in [0.2, 0.25) is 10.0 Å². The number of hydrogen-bond acceptors (Lipinski definition) is 5. The first-order chi connectivity index (χ1) is 9.75. The van der Waals surface area contributed by atoms with Gasteiger partial charge in [-0.3, -0.25) is 4.79 Å². The third-order valence-electron chi connectivity index (χ3n) is 3.79. The molecule has 0 aliphatic carbocycles. The fourth-order valence-corrected chi connectivity index (χ4v) is 4.36. The van der Waals surface area contributed by atoms with Gasteiger partial charge in [0, 0.05) is 18.8 Å². The molecule has 6 nitrogen and oxygen atoms in total. The number of aryl methyl sites for hydroxylation is 1. The molecule has 2 N–H and O–H groups in total. The summed E-state index contributed by atoms with van der Waals surface area (Å²) in [4.78, 5) is 11.8. The molecule has 0 radical (unpaired) electrons. The molecule has 0 aromatic heterocycles. The highest BCUT2D eigenvalue weighted by molar-refractivity contribution is 7.89. The summed E-state index contributed by atoms with van der Waals surface area (Å²) in [6, 6.07) is 4.74. The van der Waals surface area contributed by atoms with Crippen molar-refractivity contribution in [2.75, 3.05) is 25.9 Å². The number of anilines is 1. The van der Waals surface area contributed by atoms with Gasteiger partial charge >= 0.3 is 5.97 Å². The summed E-state index contributed by atoms with van der Waals surface area (Å²) in [6.07, 6.45) is 0. The number of nitrogens with two attached hydrogens (primary N) is 1. The van der Waals surface area contributed by atoms with E-state index >= 15 is 0 Å². The van der Waals surface area contributed by atoms with Crippen LogP contribution in [0.15, 0.2) is 23.1 Å². The maximum atomic E-state index is 12.7. The van der Waals surface area contributed by atoms with Crippen LogP contribution in [0.2, 0.25) is 0 Å². The van der Waals surface area contributed by atoms with Gasteiger partial charge in [-0.1, -0.05) is 6.92 Å². The second-order valence-electron chi connectivity index (χ2n) is 5.51. The van der Waals surface area contributed by atoms with Crippen molar-refractivity contribution in [3.63, 3.8) is 0 Å². The summed E-state index contributed by atoms with van der Waals surface area (Å²) >= 11 is 0. The Labute approximate surface area is 124 Å². The van der Waals surface area contributed by atoms with Gasteiger partial charge in [0.1, 0.15) is 0 Å². The van der Waals surface area contributed by atoms with Crippen molar-refractivity contribution < 1.29 is 17.9 Å². The van der Waals surface area contributed by atoms with Gasteiger partial charge in [0.25, 0.3) is 0 Å².